The Morgan fingerprint density at radius 1 is 1.05 bits per heavy atom. The van der Waals surface area contributed by atoms with Crippen LogP contribution < -0.4 is 4.74 Å². The van der Waals surface area contributed by atoms with E-state index < -0.39 is 0 Å². The summed E-state index contributed by atoms with van der Waals surface area (Å²) < 4.78 is 10.6. The quantitative estimate of drug-likeness (QED) is 0.760. The Balaban J connectivity index is 1.58. The third-order valence-electron chi connectivity index (χ3n) is 6.24. The molecule has 21 heavy (non-hydrogen) atoms. The van der Waals surface area contributed by atoms with Crippen LogP contribution in [0.15, 0.2) is 18.2 Å². The van der Waals surface area contributed by atoms with E-state index in [0.29, 0.717) is 6.79 Å². The van der Waals surface area contributed by atoms with Gasteiger partial charge in [0.2, 0.25) is 0 Å². The molecule has 0 bridgehead atoms. The van der Waals surface area contributed by atoms with Crippen molar-refractivity contribution in [3.05, 3.63) is 29.3 Å². The molecule has 0 heterocycles. The topological polar surface area (TPSA) is 18.5 Å². The molecule has 2 saturated carbocycles. The van der Waals surface area contributed by atoms with Crippen molar-refractivity contribution in [1.29, 1.82) is 0 Å². The first-order chi connectivity index (χ1) is 10.4. The third-order valence-corrected chi connectivity index (χ3v) is 6.24. The van der Waals surface area contributed by atoms with Gasteiger partial charge in [-0.25, -0.2) is 0 Å². The van der Waals surface area contributed by atoms with E-state index in [1.54, 1.807) is 12.7 Å². The molecule has 2 fully saturated rings. The molecule has 0 unspecified atom stereocenters. The maximum atomic E-state index is 5.60. The minimum Gasteiger partial charge on any atom is -0.468 e. The molecule has 4 atom stereocenters. The monoisotopic (exact) mass is 286 g/mol. The highest BCUT2D eigenvalue weighted by molar-refractivity contribution is 5.40. The largest absolute Gasteiger partial charge is 0.468 e. The van der Waals surface area contributed by atoms with Gasteiger partial charge in [0.25, 0.3) is 0 Å². The minimum absolute atomic E-state index is 0.342. The number of hydrogen-bond donors (Lipinski definition) is 0. The number of hydrogen-bond acceptors (Lipinski definition) is 2. The lowest BCUT2D eigenvalue weighted by atomic mass is 9.61. The molecule has 3 aliphatic rings. The van der Waals surface area contributed by atoms with Crippen molar-refractivity contribution in [2.45, 2.75) is 50.9 Å². The molecule has 0 saturated heterocycles. The van der Waals surface area contributed by atoms with Crippen LogP contribution in [0.4, 0.5) is 0 Å². The van der Waals surface area contributed by atoms with E-state index in [-0.39, 0.29) is 0 Å². The molecule has 2 heteroatoms. The lowest BCUT2D eigenvalue weighted by molar-refractivity contribution is 0.0509. The van der Waals surface area contributed by atoms with Gasteiger partial charge >= 0.3 is 0 Å². The SMILES string of the molecule is COCOc1ccc2c(c1)CC[C@H]1[C@@H]3CCC[C@H]3CC[C@H]21. The van der Waals surface area contributed by atoms with Gasteiger partial charge in [-0.3, -0.25) is 0 Å². The van der Waals surface area contributed by atoms with Crippen LogP contribution in [0.3, 0.4) is 0 Å². The molecule has 1 aromatic carbocycles. The maximum Gasteiger partial charge on any atom is 0.188 e. The van der Waals surface area contributed by atoms with Crippen LogP contribution in [0.2, 0.25) is 0 Å². The fourth-order valence-electron chi connectivity index (χ4n) is 5.39. The predicted molar refractivity (Wildman–Crippen MR) is 83.6 cm³/mol. The summed E-state index contributed by atoms with van der Waals surface area (Å²) in [6.07, 6.45) is 10.00. The minimum atomic E-state index is 0.342. The Morgan fingerprint density at radius 3 is 2.90 bits per heavy atom. The van der Waals surface area contributed by atoms with Crippen molar-refractivity contribution in [2.24, 2.45) is 17.8 Å². The summed E-state index contributed by atoms with van der Waals surface area (Å²) in [4.78, 5) is 0. The van der Waals surface area contributed by atoms with E-state index in [1.807, 2.05) is 0 Å². The second-order valence-corrected chi connectivity index (χ2v) is 7.15. The molecule has 0 aromatic heterocycles. The molecule has 3 aliphatic carbocycles. The maximum absolute atomic E-state index is 5.60. The average molecular weight is 286 g/mol. The standard InChI is InChI=1S/C19H26O2/c1-20-12-21-15-7-10-17-14(11-15)6-9-18-16-4-2-3-13(16)5-8-19(17)18/h7,10-11,13,16,18-19H,2-6,8-9,12H2,1H3/t13-,16+,18-,19+/m0/s1. The fourth-order valence-corrected chi connectivity index (χ4v) is 5.39. The number of aryl methyl sites for hydroxylation is 1. The summed E-state index contributed by atoms with van der Waals surface area (Å²) in [5, 5.41) is 0. The molecule has 0 radical (unpaired) electrons. The van der Waals surface area contributed by atoms with Crippen molar-refractivity contribution in [2.75, 3.05) is 13.9 Å². The van der Waals surface area contributed by atoms with E-state index >= 15 is 0 Å². The first-order valence-corrected chi connectivity index (χ1v) is 8.61. The highest BCUT2D eigenvalue weighted by Crippen LogP contribution is 2.55. The van der Waals surface area contributed by atoms with Crippen LogP contribution in [0.25, 0.3) is 0 Å². The van der Waals surface area contributed by atoms with Gasteiger partial charge in [-0.2, -0.15) is 0 Å². The van der Waals surface area contributed by atoms with Gasteiger partial charge < -0.3 is 9.47 Å². The Morgan fingerprint density at radius 2 is 2.00 bits per heavy atom. The molecular formula is C19H26O2. The summed E-state index contributed by atoms with van der Waals surface area (Å²) in [5.41, 5.74) is 3.16. The van der Waals surface area contributed by atoms with Gasteiger partial charge in [0.1, 0.15) is 5.75 Å². The van der Waals surface area contributed by atoms with Gasteiger partial charge in [-0.1, -0.05) is 18.9 Å². The number of methoxy groups -OCH3 is 1. The summed E-state index contributed by atoms with van der Waals surface area (Å²) in [6, 6.07) is 6.73. The van der Waals surface area contributed by atoms with Crippen molar-refractivity contribution < 1.29 is 9.47 Å². The molecule has 1 aromatic rings. The smallest absolute Gasteiger partial charge is 0.188 e. The fraction of sp³-hybridized carbons (Fsp3) is 0.684. The summed E-state index contributed by atoms with van der Waals surface area (Å²) in [6.45, 7) is 0.342. The first-order valence-electron chi connectivity index (χ1n) is 8.61. The van der Waals surface area contributed by atoms with Gasteiger partial charge in [-0.05, 0) is 79.0 Å². The second kappa shape index (κ2) is 5.64. The summed E-state index contributed by atoms with van der Waals surface area (Å²) >= 11 is 0. The molecule has 0 aliphatic heterocycles. The number of rotatable bonds is 3. The molecule has 0 spiro atoms. The Hall–Kier alpha value is -1.02. The van der Waals surface area contributed by atoms with Crippen LogP contribution in [0.5, 0.6) is 5.75 Å². The van der Waals surface area contributed by atoms with Crippen LogP contribution in [-0.2, 0) is 11.2 Å². The molecule has 0 N–H and O–H groups in total. The molecule has 0 amide bonds. The molecule has 114 valence electrons. The van der Waals surface area contributed by atoms with Crippen molar-refractivity contribution in [3.63, 3.8) is 0 Å². The lowest BCUT2D eigenvalue weighted by Crippen LogP contribution is -2.34. The van der Waals surface area contributed by atoms with E-state index in [4.69, 9.17) is 9.47 Å². The van der Waals surface area contributed by atoms with Gasteiger partial charge in [0.15, 0.2) is 6.79 Å². The van der Waals surface area contributed by atoms with E-state index in [9.17, 15) is 0 Å². The zero-order valence-corrected chi connectivity index (χ0v) is 13.0. The highest BCUT2D eigenvalue weighted by atomic mass is 16.7. The van der Waals surface area contributed by atoms with Gasteiger partial charge in [0, 0.05) is 7.11 Å². The van der Waals surface area contributed by atoms with Crippen molar-refractivity contribution >= 4 is 0 Å². The zero-order valence-electron chi connectivity index (χ0n) is 13.0. The lowest BCUT2D eigenvalue weighted by Gasteiger charge is -2.44. The van der Waals surface area contributed by atoms with Crippen LogP contribution in [0, 0.1) is 17.8 Å². The number of benzene rings is 1. The van der Waals surface area contributed by atoms with Crippen molar-refractivity contribution in [1.82, 2.24) is 0 Å². The summed E-state index contributed by atoms with van der Waals surface area (Å²) in [7, 11) is 1.67. The van der Waals surface area contributed by atoms with Gasteiger partial charge in [0.05, 0.1) is 0 Å². The Kier molecular flexibility index (Phi) is 3.66. The number of ether oxygens (including phenoxy) is 2. The van der Waals surface area contributed by atoms with E-state index in [2.05, 4.69) is 18.2 Å². The Bertz CT molecular complexity index is 510. The van der Waals surface area contributed by atoms with E-state index in [1.165, 1.54) is 50.5 Å². The number of fused-ring (bicyclic) bond motifs is 5. The second-order valence-electron chi connectivity index (χ2n) is 7.15. The molecule has 2 nitrogen and oxygen atoms in total. The average Bonchev–Trinajstić information content (AvgIpc) is 3.01. The van der Waals surface area contributed by atoms with Gasteiger partial charge in [-0.15, -0.1) is 0 Å². The highest BCUT2D eigenvalue weighted by Gasteiger charge is 2.43. The van der Waals surface area contributed by atoms with Crippen LogP contribution >= 0.6 is 0 Å². The Labute approximate surface area is 127 Å². The zero-order chi connectivity index (χ0) is 14.2. The molecular weight excluding hydrogens is 260 g/mol. The predicted octanol–water partition coefficient (Wildman–Crippen LogP) is 4.53. The molecule has 4 rings (SSSR count). The third kappa shape index (κ3) is 2.38. The van der Waals surface area contributed by atoms with E-state index in [0.717, 1.165) is 29.4 Å². The normalized spacial score (nSPS) is 34.0. The summed E-state index contributed by atoms with van der Waals surface area (Å²) in [5.74, 6) is 4.83. The van der Waals surface area contributed by atoms with Crippen molar-refractivity contribution in [3.8, 4) is 5.75 Å². The van der Waals surface area contributed by atoms with Crippen LogP contribution in [0.1, 0.15) is 55.6 Å². The first kappa shape index (κ1) is 13.6. The van der Waals surface area contributed by atoms with Crippen LogP contribution in [-0.4, -0.2) is 13.9 Å².